The number of rotatable bonds is 7. The van der Waals surface area contributed by atoms with Gasteiger partial charge >= 0.3 is 0 Å². The lowest BCUT2D eigenvalue weighted by molar-refractivity contribution is 0.419. The van der Waals surface area contributed by atoms with Crippen LogP contribution in [0.3, 0.4) is 0 Å². The van der Waals surface area contributed by atoms with E-state index in [0.717, 1.165) is 0 Å². The topological polar surface area (TPSA) is 12.0 Å². The van der Waals surface area contributed by atoms with Crippen molar-refractivity contribution in [3.8, 4) is 0 Å². The first-order valence-corrected chi connectivity index (χ1v) is 7.65. The Kier molecular flexibility index (Phi) is 5.25. The van der Waals surface area contributed by atoms with Crippen LogP contribution in [0.15, 0.2) is 24.3 Å². The smallest absolute Gasteiger partial charge is 0.0328 e. The number of hydrogen-bond donors (Lipinski definition) is 1. The molecule has 0 fully saturated rings. The molecule has 0 heterocycles. The molecule has 2 unspecified atom stereocenters. The third-order valence-electron chi connectivity index (χ3n) is 4.11. The van der Waals surface area contributed by atoms with Crippen LogP contribution in [0.2, 0.25) is 0 Å². The van der Waals surface area contributed by atoms with Gasteiger partial charge in [0, 0.05) is 12.1 Å². The zero-order chi connectivity index (χ0) is 12.8. The summed E-state index contributed by atoms with van der Waals surface area (Å²) in [5.41, 5.74) is 3.09. The summed E-state index contributed by atoms with van der Waals surface area (Å²) in [6, 6.07) is 10.2. The van der Waals surface area contributed by atoms with Gasteiger partial charge in [0.15, 0.2) is 0 Å². The van der Waals surface area contributed by atoms with Gasteiger partial charge in [-0.3, -0.25) is 0 Å². The van der Waals surface area contributed by atoms with Crippen LogP contribution in [0.5, 0.6) is 0 Å². The maximum Gasteiger partial charge on any atom is 0.0328 e. The van der Waals surface area contributed by atoms with Crippen LogP contribution in [-0.2, 0) is 6.42 Å². The minimum atomic E-state index is 0.599. The molecule has 1 aromatic carbocycles. The zero-order valence-corrected chi connectivity index (χ0v) is 11.9. The third kappa shape index (κ3) is 3.58. The van der Waals surface area contributed by atoms with Gasteiger partial charge < -0.3 is 5.32 Å². The molecule has 0 spiro atoms. The van der Waals surface area contributed by atoms with E-state index in [0.29, 0.717) is 12.1 Å². The highest BCUT2D eigenvalue weighted by molar-refractivity contribution is 5.34. The number of nitrogens with one attached hydrogen (secondary N) is 1. The molecule has 1 heteroatoms. The Morgan fingerprint density at radius 2 is 2.06 bits per heavy atom. The first-order valence-electron chi connectivity index (χ1n) is 7.65. The molecule has 1 aliphatic carbocycles. The zero-order valence-electron chi connectivity index (χ0n) is 11.9. The minimum Gasteiger partial charge on any atom is -0.307 e. The van der Waals surface area contributed by atoms with Crippen LogP contribution in [0, 0.1) is 0 Å². The number of fused-ring (bicyclic) bond motifs is 1. The van der Waals surface area contributed by atoms with Crippen molar-refractivity contribution in [2.75, 3.05) is 0 Å². The van der Waals surface area contributed by atoms with Crippen molar-refractivity contribution in [3.05, 3.63) is 35.4 Å². The molecule has 18 heavy (non-hydrogen) atoms. The molecule has 0 aromatic heterocycles. The van der Waals surface area contributed by atoms with Gasteiger partial charge in [-0.15, -0.1) is 0 Å². The van der Waals surface area contributed by atoms with E-state index in [2.05, 4.69) is 43.4 Å². The van der Waals surface area contributed by atoms with Crippen molar-refractivity contribution in [1.29, 1.82) is 0 Å². The van der Waals surface area contributed by atoms with Crippen molar-refractivity contribution in [1.82, 2.24) is 5.32 Å². The Morgan fingerprint density at radius 3 is 2.89 bits per heavy atom. The van der Waals surface area contributed by atoms with Crippen molar-refractivity contribution in [3.63, 3.8) is 0 Å². The monoisotopic (exact) mass is 245 g/mol. The average Bonchev–Trinajstić information content (AvgIpc) is 2.78. The van der Waals surface area contributed by atoms with E-state index in [1.54, 1.807) is 5.56 Å². The first-order chi connectivity index (χ1) is 8.81. The normalized spacial score (nSPS) is 19.8. The summed E-state index contributed by atoms with van der Waals surface area (Å²) >= 11 is 0. The summed E-state index contributed by atoms with van der Waals surface area (Å²) in [4.78, 5) is 0. The van der Waals surface area contributed by atoms with Gasteiger partial charge in [0.2, 0.25) is 0 Å². The molecule has 100 valence electrons. The fraction of sp³-hybridized carbons (Fsp3) is 0.647. The van der Waals surface area contributed by atoms with Crippen LogP contribution in [0.4, 0.5) is 0 Å². The van der Waals surface area contributed by atoms with Gasteiger partial charge in [-0.05, 0) is 37.3 Å². The van der Waals surface area contributed by atoms with E-state index >= 15 is 0 Å². The van der Waals surface area contributed by atoms with E-state index in [4.69, 9.17) is 0 Å². The van der Waals surface area contributed by atoms with Gasteiger partial charge in [-0.25, -0.2) is 0 Å². The van der Waals surface area contributed by atoms with Gasteiger partial charge in [0.1, 0.15) is 0 Å². The highest BCUT2D eigenvalue weighted by Gasteiger charge is 2.22. The molecule has 1 nitrogen and oxygen atoms in total. The summed E-state index contributed by atoms with van der Waals surface area (Å²) in [7, 11) is 0. The molecule has 2 atom stereocenters. The SMILES string of the molecule is CCCCCCC(C)NC1CCc2ccccc21. The van der Waals surface area contributed by atoms with E-state index in [1.807, 2.05) is 0 Å². The number of aryl methyl sites for hydroxylation is 1. The maximum atomic E-state index is 3.81. The standard InChI is InChI=1S/C17H27N/c1-3-4-5-6-9-14(2)18-17-13-12-15-10-7-8-11-16(15)17/h7-8,10-11,14,17-18H,3-6,9,12-13H2,1-2H3. The molecule has 0 saturated carbocycles. The number of hydrogen-bond acceptors (Lipinski definition) is 1. The van der Waals surface area contributed by atoms with Crippen LogP contribution >= 0.6 is 0 Å². The summed E-state index contributed by atoms with van der Waals surface area (Å²) in [6.45, 7) is 4.62. The van der Waals surface area contributed by atoms with Crippen molar-refractivity contribution in [2.45, 2.75) is 70.9 Å². The number of unbranched alkanes of at least 4 members (excludes halogenated alkanes) is 3. The van der Waals surface area contributed by atoms with E-state index in [-0.39, 0.29) is 0 Å². The summed E-state index contributed by atoms with van der Waals surface area (Å²) in [5.74, 6) is 0. The molecule has 1 aliphatic rings. The highest BCUT2D eigenvalue weighted by atomic mass is 14.9. The molecule has 0 radical (unpaired) electrons. The van der Waals surface area contributed by atoms with Gasteiger partial charge in [0.25, 0.3) is 0 Å². The summed E-state index contributed by atoms with van der Waals surface area (Å²) < 4.78 is 0. The van der Waals surface area contributed by atoms with Gasteiger partial charge in [-0.2, -0.15) is 0 Å². The van der Waals surface area contributed by atoms with E-state index in [1.165, 1.54) is 50.5 Å². The molecule has 0 amide bonds. The van der Waals surface area contributed by atoms with E-state index < -0.39 is 0 Å². The first kappa shape index (κ1) is 13.6. The van der Waals surface area contributed by atoms with Crippen LogP contribution in [0.25, 0.3) is 0 Å². The Labute approximate surface area is 112 Å². The molecule has 0 saturated heterocycles. The fourth-order valence-electron chi connectivity index (χ4n) is 3.03. The molecular formula is C17H27N. The Balaban J connectivity index is 1.77. The molecule has 0 bridgehead atoms. The lowest BCUT2D eigenvalue weighted by Gasteiger charge is -2.20. The molecule has 1 N–H and O–H groups in total. The summed E-state index contributed by atoms with van der Waals surface area (Å²) in [6.07, 6.45) is 9.32. The van der Waals surface area contributed by atoms with Gasteiger partial charge in [0.05, 0.1) is 0 Å². The van der Waals surface area contributed by atoms with Crippen LogP contribution in [-0.4, -0.2) is 6.04 Å². The summed E-state index contributed by atoms with van der Waals surface area (Å²) in [5, 5.41) is 3.81. The predicted octanol–water partition coefficient (Wildman–Crippen LogP) is 4.62. The Bertz CT molecular complexity index is 358. The van der Waals surface area contributed by atoms with Crippen molar-refractivity contribution >= 4 is 0 Å². The van der Waals surface area contributed by atoms with Crippen LogP contribution in [0.1, 0.15) is 69.5 Å². The molecular weight excluding hydrogens is 218 g/mol. The molecule has 2 rings (SSSR count). The molecule has 1 aromatic rings. The second-order valence-corrected chi connectivity index (χ2v) is 5.71. The minimum absolute atomic E-state index is 0.599. The van der Waals surface area contributed by atoms with Gasteiger partial charge in [-0.1, -0.05) is 56.9 Å². The van der Waals surface area contributed by atoms with E-state index in [9.17, 15) is 0 Å². The predicted molar refractivity (Wildman–Crippen MR) is 78.9 cm³/mol. The molecule has 0 aliphatic heterocycles. The lowest BCUT2D eigenvalue weighted by atomic mass is 10.0. The average molecular weight is 245 g/mol. The maximum absolute atomic E-state index is 3.81. The highest BCUT2D eigenvalue weighted by Crippen LogP contribution is 2.31. The third-order valence-corrected chi connectivity index (χ3v) is 4.11. The Hall–Kier alpha value is -0.820. The fourth-order valence-corrected chi connectivity index (χ4v) is 3.03. The second-order valence-electron chi connectivity index (χ2n) is 5.71. The second kappa shape index (κ2) is 6.94. The van der Waals surface area contributed by atoms with Crippen molar-refractivity contribution < 1.29 is 0 Å². The largest absolute Gasteiger partial charge is 0.307 e. The number of benzene rings is 1. The quantitative estimate of drug-likeness (QED) is 0.691. The van der Waals surface area contributed by atoms with Crippen LogP contribution < -0.4 is 5.32 Å². The Morgan fingerprint density at radius 1 is 1.22 bits per heavy atom. The van der Waals surface area contributed by atoms with Crippen molar-refractivity contribution in [2.24, 2.45) is 0 Å². The lowest BCUT2D eigenvalue weighted by Crippen LogP contribution is -2.29.